The molecule has 1 fully saturated rings. The van der Waals surface area contributed by atoms with Gasteiger partial charge >= 0.3 is 0 Å². The van der Waals surface area contributed by atoms with Gasteiger partial charge in [-0.2, -0.15) is 4.58 Å². The van der Waals surface area contributed by atoms with Crippen molar-refractivity contribution in [2.75, 3.05) is 13.1 Å². The second-order valence-corrected chi connectivity index (χ2v) is 8.96. The minimum absolute atomic E-state index is 0.154. The maximum Gasteiger partial charge on any atom is 0.243 e. The topological polar surface area (TPSA) is 65.5 Å². The molecule has 2 atom stereocenters. The van der Waals surface area contributed by atoms with Crippen LogP contribution in [0.25, 0.3) is 22.6 Å². The van der Waals surface area contributed by atoms with E-state index in [-0.39, 0.29) is 11.9 Å². The Balaban J connectivity index is 1.24. The predicted molar refractivity (Wildman–Crippen MR) is 123 cm³/mol. The number of carbonyl (C=O) groups is 1. The highest BCUT2D eigenvalue weighted by Crippen LogP contribution is 2.34. The first-order chi connectivity index (χ1) is 15.7. The van der Waals surface area contributed by atoms with Gasteiger partial charge in [-0.1, -0.05) is 6.92 Å². The van der Waals surface area contributed by atoms with Gasteiger partial charge in [0, 0.05) is 54.4 Å². The lowest BCUT2D eigenvalue weighted by atomic mass is 10.1. The summed E-state index contributed by atoms with van der Waals surface area (Å²) in [5.41, 5.74) is 6.82. The van der Waals surface area contributed by atoms with Crippen molar-refractivity contribution in [2.45, 2.75) is 44.7 Å². The number of nitrogens with one attached hydrogen (secondary N) is 1. The third-order valence-corrected chi connectivity index (χ3v) is 6.87. The van der Waals surface area contributed by atoms with Crippen LogP contribution in [-0.2, 0) is 4.79 Å². The molecule has 3 aromatic heterocycles. The highest BCUT2D eigenvalue weighted by Gasteiger charge is 2.43. The maximum absolute atomic E-state index is 11.8. The molecule has 2 aliphatic heterocycles. The van der Waals surface area contributed by atoms with Crippen molar-refractivity contribution in [1.82, 2.24) is 24.6 Å². The highest BCUT2D eigenvalue weighted by molar-refractivity contribution is 5.93. The molecule has 0 radical (unpaired) electrons. The summed E-state index contributed by atoms with van der Waals surface area (Å²) < 4.78 is 4.35. The van der Waals surface area contributed by atoms with Crippen molar-refractivity contribution in [2.24, 2.45) is 0 Å². The van der Waals surface area contributed by atoms with Gasteiger partial charge in [0.2, 0.25) is 18.2 Å². The minimum Gasteiger partial charge on any atom is -0.353 e. The fraction of sp³-hybridized carbons (Fsp3) is 0.360. The number of imidazole rings is 1. The first-order valence-electron chi connectivity index (χ1n) is 11.5. The molecule has 0 bridgehead atoms. The second-order valence-electron chi connectivity index (χ2n) is 8.96. The summed E-state index contributed by atoms with van der Waals surface area (Å²) in [6, 6.07) is 9.10. The van der Waals surface area contributed by atoms with Gasteiger partial charge in [-0.15, -0.1) is 0 Å². The first-order valence-corrected chi connectivity index (χ1v) is 11.5. The summed E-state index contributed by atoms with van der Waals surface area (Å²) in [5, 5.41) is 3.19. The van der Waals surface area contributed by atoms with Crippen LogP contribution in [0.3, 0.4) is 0 Å². The monoisotopic (exact) mass is 427 g/mol. The van der Waals surface area contributed by atoms with Crippen molar-refractivity contribution in [1.29, 1.82) is 0 Å². The molecule has 1 saturated carbocycles. The third kappa shape index (κ3) is 3.47. The number of rotatable bonds is 5. The van der Waals surface area contributed by atoms with Crippen LogP contribution in [0.15, 0.2) is 55.3 Å². The number of aromatic nitrogens is 3. The second kappa shape index (κ2) is 7.58. The van der Waals surface area contributed by atoms with Gasteiger partial charge in [0.1, 0.15) is 17.9 Å². The van der Waals surface area contributed by atoms with Crippen LogP contribution < -0.4 is 5.32 Å². The molecule has 3 aliphatic rings. The number of nitrogens with zero attached hydrogens (tertiary/aromatic N) is 5. The zero-order valence-electron chi connectivity index (χ0n) is 18.2. The molecule has 5 heterocycles. The van der Waals surface area contributed by atoms with Gasteiger partial charge in [0.05, 0.1) is 5.69 Å². The largest absolute Gasteiger partial charge is 0.353 e. The van der Waals surface area contributed by atoms with E-state index < -0.39 is 0 Å². The Hall–Kier alpha value is -3.48. The molecule has 7 nitrogen and oxygen atoms in total. The number of carbonyl (C=O) groups excluding carboxylic acids is 1. The van der Waals surface area contributed by atoms with E-state index in [4.69, 9.17) is 4.98 Å². The molecule has 2 unspecified atom stereocenters. The van der Waals surface area contributed by atoms with Crippen LogP contribution in [0.4, 0.5) is 0 Å². The van der Waals surface area contributed by atoms with Gasteiger partial charge < -0.3 is 14.6 Å². The molecule has 1 amide bonds. The smallest absolute Gasteiger partial charge is 0.243 e. The van der Waals surface area contributed by atoms with E-state index in [1.165, 1.54) is 11.4 Å². The lowest BCUT2D eigenvalue weighted by Crippen LogP contribution is -2.38. The Kier molecular flexibility index (Phi) is 4.56. The van der Waals surface area contributed by atoms with Gasteiger partial charge in [-0.05, 0) is 43.5 Å². The summed E-state index contributed by atoms with van der Waals surface area (Å²) in [4.78, 5) is 23.5. The summed E-state index contributed by atoms with van der Waals surface area (Å²) in [7, 11) is 0. The average molecular weight is 428 g/mol. The zero-order chi connectivity index (χ0) is 21.7. The van der Waals surface area contributed by atoms with Crippen LogP contribution in [0, 0.1) is 0 Å². The standard InChI is InChI=1S/C25H26N6O/c1-2-25(32)28-19-5-6-20(11-19)31-15-21-14-30(21)16-23(31)17-3-7-22(27-12-17)18-4-8-24-26-9-10-29(24)13-18/h3-4,7-10,12-13,16,19-20H,2,5-6,11,14-15H2,1H3/p+1. The molecule has 6 rings (SSSR count). The number of amides is 1. The van der Waals surface area contributed by atoms with E-state index in [0.29, 0.717) is 12.5 Å². The van der Waals surface area contributed by atoms with Gasteiger partial charge in [-0.25, -0.2) is 4.98 Å². The van der Waals surface area contributed by atoms with Crippen LogP contribution in [0.5, 0.6) is 0 Å². The summed E-state index contributed by atoms with van der Waals surface area (Å²) in [6.07, 6.45) is 13.8. The number of hydrogen-bond acceptors (Lipinski definition) is 4. The number of hydrogen-bond donors (Lipinski definition) is 1. The Bertz CT molecular complexity index is 1250. The molecule has 32 heavy (non-hydrogen) atoms. The van der Waals surface area contributed by atoms with E-state index >= 15 is 0 Å². The normalized spacial score (nSPS) is 22.2. The Morgan fingerprint density at radius 1 is 1.19 bits per heavy atom. The van der Waals surface area contributed by atoms with E-state index in [2.05, 4.69) is 50.4 Å². The summed E-state index contributed by atoms with van der Waals surface area (Å²) in [5.74, 6) is 0.154. The van der Waals surface area contributed by atoms with Gasteiger partial charge in [0.25, 0.3) is 0 Å². The first kappa shape index (κ1) is 19.2. The van der Waals surface area contributed by atoms with Crippen LogP contribution in [-0.4, -0.2) is 60.6 Å². The fourth-order valence-corrected chi connectivity index (χ4v) is 5.00. The van der Waals surface area contributed by atoms with Gasteiger partial charge in [-0.3, -0.25) is 9.78 Å². The van der Waals surface area contributed by atoms with Gasteiger partial charge in [0.15, 0.2) is 6.20 Å². The van der Waals surface area contributed by atoms with Crippen molar-refractivity contribution >= 4 is 23.0 Å². The maximum atomic E-state index is 11.8. The zero-order valence-corrected chi connectivity index (χ0v) is 18.2. The van der Waals surface area contributed by atoms with E-state index in [1.54, 1.807) is 6.20 Å². The molecular weight excluding hydrogens is 400 g/mol. The molecule has 7 heteroatoms. The Labute approximate surface area is 187 Å². The third-order valence-electron chi connectivity index (χ3n) is 6.87. The van der Waals surface area contributed by atoms with Crippen LogP contribution in [0.1, 0.15) is 38.2 Å². The summed E-state index contributed by atoms with van der Waals surface area (Å²) in [6.45, 7) is 3.94. The molecule has 3 aromatic rings. The average Bonchev–Trinajstić information content (AvgIpc) is 3.18. The van der Waals surface area contributed by atoms with Crippen LogP contribution in [0.2, 0.25) is 0 Å². The molecular formula is C25H27N6O+. The molecule has 0 spiro atoms. The molecule has 0 saturated heterocycles. The lowest BCUT2D eigenvalue weighted by Gasteiger charge is -2.31. The van der Waals surface area contributed by atoms with Crippen molar-refractivity contribution < 1.29 is 9.37 Å². The van der Waals surface area contributed by atoms with Crippen molar-refractivity contribution in [3.05, 3.63) is 60.8 Å². The number of fused-ring (bicyclic) bond motifs is 1. The quantitative estimate of drug-likeness (QED) is 0.636. The Morgan fingerprint density at radius 2 is 2.09 bits per heavy atom. The van der Waals surface area contributed by atoms with Crippen molar-refractivity contribution in [3.8, 4) is 11.3 Å². The molecule has 162 valence electrons. The van der Waals surface area contributed by atoms with Crippen molar-refractivity contribution in [3.63, 3.8) is 0 Å². The highest BCUT2D eigenvalue weighted by atomic mass is 16.1. The van der Waals surface area contributed by atoms with E-state index in [0.717, 1.165) is 54.8 Å². The molecule has 0 aromatic carbocycles. The van der Waals surface area contributed by atoms with E-state index in [9.17, 15) is 4.79 Å². The minimum atomic E-state index is 0.154. The Morgan fingerprint density at radius 3 is 2.94 bits per heavy atom. The predicted octanol–water partition coefficient (Wildman–Crippen LogP) is 2.92. The molecule has 1 N–H and O–H groups in total. The fourth-order valence-electron chi connectivity index (χ4n) is 5.00. The molecule has 1 aliphatic carbocycles. The van der Waals surface area contributed by atoms with E-state index in [1.807, 2.05) is 29.8 Å². The lowest BCUT2D eigenvalue weighted by molar-refractivity contribution is -0.362. The summed E-state index contributed by atoms with van der Waals surface area (Å²) >= 11 is 0. The van der Waals surface area contributed by atoms with Crippen LogP contribution >= 0.6 is 0 Å². The number of pyridine rings is 2. The SMILES string of the molecule is CCC(=O)NC1CCC(N2CC3=[N+](C=C2c2ccc(-c4ccc5nccn5c4)nc2)C3)C1.